The second-order valence-electron chi connectivity index (χ2n) is 3.67. The number of halogens is 1. The first-order chi connectivity index (χ1) is 8.34. The molecule has 0 fully saturated rings. The van der Waals surface area contributed by atoms with Crippen LogP contribution < -0.4 is 4.74 Å². The number of rotatable bonds is 6. The largest absolute Gasteiger partial charge is 0.494 e. The van der Waals surface area contributed by atoms with Crippen LogP contribution in [0.4, 0.5) is 0 Å². The van der Waals surface area contributed by atoms with Gasteiger partial charge in [0.05, 0.1) is 12.8 Å². The molecule has 0 unspecified atom stereocenters. The van der Waals surface area contributed by atoms with E-state index in [0.29, 0.717) is 0 Å². The minimum atomic E-state index is 0.749. The quantitative estimate of drug-likeness (QED) is 0.597. The van der Waals surface area contributed by atoms with Crippen molar-refractivity contribution in [3.8, 4) is 5.75 Å². The summed E-state index contributed by atoms with van der Waals surface area (Å²) in [6, 6.07) is 8.10. The van der Waals surface area contributed by atoms with Gasteiger partial charge in [-0.1, -0.05) is 0 Å². The Hall–Kier alpha value is -1.22. The summed E-state index contributed by atoms with van der Waals surface area (Å²) in [4.78, 5) is 3.83. The SMILES string of the molecule is Ic1ccc(OCCCCn2c#cnc2)cc1. The maximum absolute atomic E-state index is 5.63. The van der Waals surface area contributed by atoms with Crippen LogP contribution in [-0.4, -0.2) is 16.2 Å². The van der Waals surface area contributed by atoms with E-state index in [1.54, 1.807) is 6.33 Å². The van der Waals surface area contributed by atoms with Crippen molar-refractivity contribution in [2.45, 2.75) is 19.4 Å². The molecule has 0 radical (unpaired) electrons. The highest BCUT2D eigenvalue weighted by Gasteiger charge is 1.94. The first-order valence-electron chi connectivity index (χ1n) is 5.53. The molecule has 1 aromatic carbocycles. The lowest BCUT2D eigenvalue weighted by molar-refractivity contribution is 0.303. The summed E-state index contributed by atoms with van der Waals surface area (Å²) >= 11 is 2.28. The summed E-state index contributed by atoms with van der Waals surface area (Å²) in [6.45, 7) is 1.67. The van der Waals surface area contributed by atoms with E-state index < -0.39 is 0 Å². The Morgan fingerprint density at radius 3 is 2.76 bits per heavy atom. The van der Waals surface area contributed by atoms with Gasteiger partial charge in [0.25, 0.3) is 0 Å². The predicted molar refractivity (Wildman–Crippen MR) is 73.8 cm³/mol. The summed E-state index contributed by atoms with van der Waals surface area (Å²) < 4.78 is 8.77. The van der Waals surface area contributed by atoms with Crippen LogP contribution in [0.25, 0.3) is 0 Å². The maximum Gasteiger partial charge on any atom is 0.119 e. The Balaban J connectivity index is 1.61. The van der Waals surface area contributed by atoms with Gasteiger partial charge >= 0.3 is 0 Å². The molecule has 4 heteroatoms. The number of unbranched alkanes of at least 4 members (excludes halogenated alkanes) is 1. The lowest BCUT2D eigenvalue weighted by Gasteiger charge is -2.05. The smallest absolute Gasteiger partial charge is 0.119 e. The van der Waals surface area contributed by atoms with Crippen molar-refractivity contribution in [2.75, 3.05) is 6.61 Å². The van der Waals surface area contributed by atoms with Gasteiger partial charge in [-0.25, -0.2) is 0 Å². The maximum atomic E-state index is 5.63. The summed E-state index contributed by atoms with van der Waals surface area (Å²) in [6.07, 6.45) is 9.37. The van der Waals surface area contributed by atoms with Crippen LogP contribution >= 0.6 is 22.6 Å². The van der Waals surface area contributed by atoms with Crippen LogP contribution in [0.15, 0.2) is 30.6 Å². The number of aromatic nitrogens is 2. The zero-order chi connectivity index (χ0) is 11.9. The molecule has 0 N–H and O–H groups in total. The summed E-state index contributed by atoms with van der Waals surface area (Å²) in [5.41, 5.74) is 0. The molecule has 0 aliphatic carbocycles. The highest BCUT2D eigenvalue weighted by Crippen LogP contribution is 2.13. The molecule has 1 heterocycles. The normalized spacial score (nSPS) is 9.94. The van der Waals surface area contributed by atoms with Crippen molar-refractivity contribution in [1.29, 1.82) is 0 Å². The molecule has 0 spiro atoms. The third-order valence-corrected chi connectivity index (χ3v) is 3.05. The Morgan fingerprint density at radius 2 is 2.06 bits per heavy atom. The number of hydrogen-bond donors (Lipinski definition) is 0. The molecule has 17 heavy (non-hydrogen) atoms. The van der Waals surface area contributed by atoms with Gasteiger partial charge in [-0.2, -0.15) is 4.98 Å². The highest BCUT2D eigenvalue weighted by molar-refractivity contribution is 14.1. The molecule has 0 bridgehead atoms. The van der Waals surface area contributed by atoms with Gasteiger partial charge in [0, 0.05) is 16.3 Å². The van der Waals surface area contributed by atoms with Gasteiger partial charge in [-0.15, -0.1) is 0 Å². The molecular formula is C13H13IN2O. The Kier molecular flexibility index (Phi) is 4.68. The molecule has 88 valence electrons. The molecule has 0 atom stereocenters. The average Bonchev–Trinajstić information content (AvgIpc) is 2.84. The van der Waals surface area contributed by atoms with Gasteiger partial charge in [-0.05, 0) is 59.7 Å². The second-order valence-corrected chi connectivity index (χ2v) is 4.92. The molecule has 2 aromatic rings. The Morgan fingerprint density at radius 1 is 1.24 bits per heavy atom. The van der Waals surface area contributed by atoms with E-state index in [0.717, 1.165) is 31.7 Å². The fraction of sp³-hybridized carbons (Fsp3) is 0.308. The third-order valence-electron chi connectivity index (χ3n) is 2.33. The van der Waals surface area contributed by atoms with E-state index >= 15 is 0 Å². The zero-order valence-electron chi connectivity index (χ0n) is 9.40. The van der Waals surface area contributed by atoms with Crippen LogP contribution in [0.3, 0.4) is 0 Å². The van der Waals surface area contributed by atoms with Gasteiger partial charge in [-0.3, -0.25) is 4.57 Å². The van der Waals surface area contributed by atoms with E-state index in [4.69, 9.17) is 4.74 Å². The van der Waals surface area contributed by atoms with Crippen molar-refractivity contribution < 1.29 is 4.74 Å². The first-order valence-corrected chi connectivity index (χ1v) is 6.61. The van der Waals surface area contributed by atoms with Crippen molar-refractivity contribution >= 4 is 22.6 Å². The average molecular weight is 340 g/mol. The van der Waals surface area contributed by atoms with Crippen LogP contribution in [0.1, 0.15) is 12.8 Å². The monoisotopic (exact) mass is 340 g/mol. The van der Waals surface area contributed by atoms with Crippen molar-refractivity contribution in [2.24, 2.45) is 0 Å². The van der Waals surface area contributed by atoms with Crippen LogP contribution in [0, 0.1) is 16.0 Å². The van der Waals surface area contributed by atoms with E-state index in [1.807, 2.05) is 28.8 Å². The van der Waals surface area contributed by atoms with Gasteiger partial charge in [0.2, 0.25) is 0 Å². The van der Waals surface area contributed by atoms with Crippen LogP contribution in [0.5, 0.6) is 5.75 Å². The number of benzene rings is 1. The van der Waals surface area contributed by atoms with E-state index in [2.05, 4.69) is 40.0 Å². The highest BCUT2D eigenvalue weighted by atomic mass is 127. The second kappa shape index (κ2) is 6.50. The molecule has 0 saturated heterocycles. The standard InChI is InChI=1S/C13H13IN2O/c14-12-3-5-13(6-4-12)17-10-2-1-8-16-9-7-15-11-16/h3-6,11H,1-2,8,10H2. The van der Waals surface area contributed by atoms with Crippen LogP contribution in [-0.2, 0) is 6.54 Å². The van der Waals surface area contributed by atoms with E-state index in [1.165, 1.54) is 3.57 Å². The Labute approximate surface area is 115 Å². The molecular weight excluding hydrogens is 327 g/mol. The minimum absolute atomic E-state index is 0.749. The van der Waals surface area contributed by atoms with Gasteiger partial charge in [0.15, 0.2) is 0 Å². The predicted octanol–water partition coefficient (Wildman–Crippen LogP) is 2.95. The lowest BCUT2D eigenvalue weighted by atomic mass is 10.3. The van der Waals surface area contributed by atoms with Gasteiger partial charge < -0.3 is 4.74 Å². The summed E-state index contributed by atoms with van der Waals surface area (Å²) in [7, 11) is 0. The molecule has 0 saturated carbocycles. The fourth-order valence-corrected chi connectivity index (χ4v) is 1.80. The van der Waals surface area contributed by atoms with E-state index in [9.17, 15) is 0 Å². The van der Waals surface area contributed by atoms with Crippen molar-refractivity contribution in [1.82, 2.24) is 9.55 Å². The molecule has 1 aromatic heterocycles. The minimum Gasteiger partial charge on any atom is -0.494 e. The van der Waals surface area contributed by atoms with Crippen LogP contribution in [0.2, 0.25) is 0 Å². The molecule has 2 rings (SSSR count). The lowest BCUT2D eigenvalue weighted by Crippen LogP contribution is -2.00. The molecule has 0 aliphatic rings. The summed E-state index contributed by atoms with van der Waals surface area (Å²) in [5.74, 6) is 0.938. The van der Waals surface area contributed by atoms with E-state index in [-0.39, 0.29) is 0 Å². The van der Waals surface area contributed by atoms with Crippen molar-refractivity contribution in [3.63, 3.8) is 0 Å². The van der Waals surface area contributed by atoms with Gasteiger partial charge in [0.1, 0.15) is 12.1 Å². The van der Waals surface area contributed by atoms with Crippen molar-refractivity contribution in [3.05, 3.63) is 46.6 Å². The molecule has 0 amide bonds. The number of aryl methyl sites for hydroxylation is 1. The first kappa shape index (κ1) is 12.2. The Bertz CT molecular complexity index is 425. The molecule has 0 aliphatic heterocycles. The number of nitrogens with zero attached hydrogens (tertiary/aromatic N) is 2. The third kappa shape index (κ3) is 4.27. The number of hydrogen-bond acceptors (Lipinski definition) is 2. The molecule has 3 nitrogen and oxygen atoms in total. The fourth-order valence-electron chi connectivity index (χ4n) is 1.44. The topological polar surface area (TPSA) is 27.1 Å². The number of ether oxygens (including phenoxy) is 1. The summed E-state index contributed by atoms with van der Waals surface area (Å²) in [5, 5.41) is 0. The zero-order valence-corrected chi connectivity index (χ0v) is 11.6.